The molecule has 0 aliphatic heterocycles. The van der Waals surface area contributed by atoms with E-state index in [1.165, 1.54) is 6.26 Å². The fraction of sp³-hybridized carbons (Fsp3) is 0.400. The summed E-state index contributed by atoms with van der Waals surface area (Å²) in [5.41, 5.74) is 1.79. The number of benzene rings is 1. The topological polar surface area (TPSA) is 73.2 Å². The van der Waals surface area contributed by atoms with E-state index in [2.05, 4.69) is 10.4 Å². The molecule has 0 radical (unpaired) electrons. The molecule has 0 bridgehead atoms. The number of nitrogens with one attached hydrogen (secondary N) is 1. The number of aryl methyl sites for hydroxylation is 2. The number of para-hydroxylation sites is 1. The van der Waals surface area contributed by atoms with Gasteiger partial charge in [-0.1, -0.05) is 18.2 Å². The summed E-state index contributed by atoms with van der Waals surface area (Å²) >= 11 is 0. The lowest BCUT2D eigenvalue weighted by atomic mass is 10.2. The highest BCUT2D eigenvalue weighted by atomic mass is 32.2. The van der Waals surface area contributed by atoms with Crippen molar-refractivity contribution < 1.29 is 13.2 Å². The van der Waals surface area contributed by atoms with Crippen LogP contribution in [0.2, 0.25) is 0 Å². The average molecular weight is 323 g/mol. The van der Waals surface area contributed by atoms with Gasteiger partial charge in [-0.3, -0.25) is 0 Å². The van der Waals surface area contributed by atoms with Crippen LogP contribution in [0.15, 0.2) is 30.3 Å². The molecule has 0 saturated carbocycles. The summed E-state index contributed by atoms with van der Waals surface area (Å²) in [6.07, 6.45) is 1.23. The molecule has 6 nitrogen and oxygen atoms in total. The van der Waals surface area contributed by atoms with E-state index in [0.29, 0.717) is 19.0 Å². The second-order valence-electron chi connectivity index (χ2n) is 5.21. The van der Waals surface area contributed by atoms with E-state index in [1.807, 2.05) is 44.3 Å². The van der Waals surface area contributed by atoms with Gasteiger partial charge in [0.15, 0.2) is 0 Å². The van der Waals surface area contributed by atoms with Crippen LogP contribution in [0, 0.1) is 6.92 Å². The summed E-state index contributed by atoms with van der Waals surface area (Å²) in [6.45, 7) is 2.82. The van der Waals surface area contributed by atoms with Crippen molar-refractivity contribution in [2.24, 2.45) is 7.05 Å². The minimum absolute atomic E-state index is 0.112. The van der Waals surface area contributed by atoms with Gasteiger partial charge in [-0.15, -0.1) is 0 Å². The van der Waals surface area contributed by atoms with Crippen LogP contribution in [0.25, 0.3) is 0 Å². The normalized spacial score (nSPS) is 11.6. The summed E-state index contributed by atoms with van der Waals surface area (Å²) in [4.78, 5) is 0. The highest BCUT2D eigenvalue weighted by molar-refractivity contribution is 7.90. The van der Waals surface area contributed by atoms with Crippen molar-refractivity contribution in [2.45, 2.75) is 13.5 Å². The van der Waals surface area contributed by atoms with Gasteiger partial charge < -0.3 is 10.1 Å². The zero-order chi connectivity index (χ0) is 16.2. The molecule has 120 valence electrons. The summed E-state index contributed by atoms with van der Waals surface area (Å²) in [5, 5.41) is 7.49. The molecule has 0 aliphatic carbocycles. The van der Waals surface area contributed by atoms with E-state index in [0.717, 1.165) is 17.0 Å². The average Bonchev–Trinajstić information content (AvgIpc) is 2.70. The second kappa shape index (κ2) is 6.93. The third-order valence-electron chi connectivity index (χ3n) is 3.20. The summed E-state index contributed by atoms with van der Waals surface area (Å²) in [6, 6.07) is 9.49. The molecule has 0 aliphatic rings. The summed E-state index contributed by atoms with van der Waals surface area (Å²) in [7, 11) is -1.13. The minimum atomic E-state index is -2.96. The number of sulfone groups is 1. The van der Waals surface area contributed by atoms with E-state index in [1.54, 1.807) is 4.68 Å². The maximum Gasteiger partial charge on any atom is 0.222 e. The van der Waals surface area contributed by atoms with Crippen molar-refractivity contribution in [2.75, 3.05) is 18.6 Å². The van der Waals surface area contributed by atoms with Gasteiger partial charge in [0.2, 0.25) is 5.88 Å². The number of ether oxygens (including phenoxy) is 1. The third kappa shape index (κ3) is 4.57. The zero-order valence-electron chi connectivity index (χ0n) is 13.0. The predicted molar refractivity (Wildman–Crippen MR) is 85.9 cm³/mol. The van der Waals surface area contributed by atoms with E-state index in [-0.39, 0.29) is 5.75 Å². The van der Waals surface area contributed by atoms with Crippen molar-refractivity contribution in [1.82, 2.24) is 15.1 Å². The van der Waals surface area contributed by atoms with Gasteiger partial charge in [0.05, 0.1) is 17.0 Å². The Hall–Kier alpha value is -1.86. The maximum atomic E-state index is 11.1. The van der Waals surface area contributed by atoms with Gasteiger partial charge in [-0.2, -0.15) is 5.10 Å². The van der Waals surface area contributed by atoms with Crippen molar-refractivity contribution in [3.63, 3.8) is 0 Å². The van der Waals surface area contributed by atoms with Gasteiger partial charge >= 0.3 is 0 Å². The molecule has 1 aromatic heterocycles. The molecule has 1 aromatic carbocycles. The summed E-state index contributed by atoms with van der Waals surface area (Å²) < 4.78 is 29.9. The Labute approximate surface area is 131 Å². The van der Waals surface area contributed by atoms with Gasteiger partial charge in [-0.25, -0.2) is 13.1 Å². The Kier molecular flexibility index (Phi) is 5.20. The fourth-order valence-corrected chi connectivity index (χ4v) is 2.60. The number of aromatic nitrogens is 2. The molecule has 0 unspecified atom stereocenters. The molecule has 0 amide bonds. The third-order valence-corrected chi connectivity index (χ3v) is 4.14. The molecule has 0 atom stereocenters. The van der Waals surface area contributed by atoms with Gasteiger partial charge in [0.25, 0.3) is 0 Å². The van der Waals surface area contributed by atoms with Crippen LogP contribution in [0.5, 0.6) is 11.6 Å². The molecular formula is C15H21N3O3S. The molecule has 0 fully saturated rings. The highest BCUT2D eigenvalue weighted by Gasteiger charge is 2.15. The molecule has 2 rings (SSSR count). The van der Waals surface area contributed by atoms with Gasteiger partial charge in [-0.05, 0) is 19.1 Å². The van der Waals surface area contributed by atoms with Crippen molar-refractivity contribution >= 4 is 9.84 Å². The summed E-state index contributed by atoms with van der Waals surface area (Å²) in [5.74, 6) is 1.51. The van der Waals surface area contributed by atoms with Crippen LogP contribution >= 0.6 is 0 Å². The molecule has 1 heterocycles. The first-order valence-electron chi connectivity index (χ1n) is 7.00. The van der Waals surface area contributed by atoms with Gasteiger partial charge in [0.1, 0.15) is 15.6 Å². The quantitative estimate of drug-likeness (QED) is 0.785. The Morgan fingerprint density at radius 1 is 1.27 bits per heavy atom. The van der Waals surface area contributed by atoms with Crippen molar-refractivity contribution in [1.29, 1.82) is 0 Å². The monoisotopic (exact) mass is 323 g/mol. The first kappa shape index (κ1) is 16.5. The fourth-order valence-electron chi connectivity index (χ4n) is 2.08. The second-order valence-corrected chi connectivity index (χ2v) is 7.47. The highest BCUT2D eigenvalue weighted by Crippen LogP contribution is 2.26. The first-order chi connectivity index (χ1) is 10.4. The Morgan fingerprint density at radius 2 is 1.95 bits per heavy atom. The smallest absolute Gasteiger partial charge is 0.222 e. The number of hydrogen-bond donors (Lipinski definition) is 1. The molecule has 22 heavy (non-hydrogen) atoms. The molecule has 2 aromatic rings. The Balaban J connectivity index is 2.07. The number of nitrogens with zero attached hydrogens (tertiary/aromatic N) is 2. The van der Waals surface area contributed by atoms with Crippen LogP contribution in [0.1, 0.15) is 11.3 Å². The van der Waals surface area contributed by atoms with Crippen molar-refractivity contribution in [3.8, 4) is 11.6 Å². The van der Waals surface area contributed by atoms with Crippen LogP contribution < -0.4 is 10.1 Å². The molecule has 1 N–H and O–H groups in total. The Morgan fingerprint density at radius 3 is 2.59 bits per heavy atom. The molecule has 7 heteroatoms. The largest absolute Gasteiger partial charge is 0.439 e. The lowest BCUT2D eigenvalue weighted by Crippen LogP contribution is -2.22. The van der Waals surface area contributed by atoms with E-state index < -0.39 is 9.84 Å². The van der Waals surface area contributed by atoms with Crippen LogP contribution in [-0.2, 0) is 23.4 Å². The first-order valence-corrected chi connectivity index (χ1v) is 9.06. The lowest BCUT2D eigenvalue weighted by Gasteiger charge is -2.09. The molecule has 0 spiro atoms. The van der Waals surface area contributed by atoms with Crippen LogP contribution in [0.4, 0.5) is 0 Å². The SMILES string of the molecule is Cc1nn(C)c(Oc2ccccc2)c1CNCCS(C)(=O)=O. The molecular weight excluding hydrogens is 302 g/mol. The van der Waals surface area contributed by atoms with Crippen LogP contribution in [0.3, 0.4) is 0 Å². The number of hydrogen-bond acceptors (Lipinski definition) is 5. The Bertz CT molecular complexity index is 724. The minimum Gasteiger partial charge on any atom is -0.439 e. The van der Waals surface area contributed by atoms with E-state index >= 15 is 0 Å². The van der Waals surface area contributed by atoms with Gasteiger partial charge in [0, 0.05) is 26.4 Å². The molecule has 0 saturated heterocycles. The van der Waals surface area contributed by atoms with E-state index in [4.69, 9.17) is 4.74 Å². The van der Waals surface area contributed by atoms with E-state index in [9.17, 15) is 8.42 Å². The maximum absolute atomic E-state index is 11.1. The zero-order valence-corrected chi connectivity index (χ0v) is 13.9. The predicted octanol–water partition coefficient (Wildman–Crippen LogP) is 1.66. The standard InChI is InChI=1S/C15H21N3O3S/c1-12-14(11-16-9-10-22(3,19)20)15(18(2)17-12)21-13-7-5-4-6-8-13/h4-8,16H,9-11H2,1-3H3. The van der Waals surface area contributed by atoms with Crippen molar-refractivity contribution in [3.05, 3.63) is 41.6 Å². The van der Waals surface area contributed by atoms with Crippen LogP contribution in [-0.4, -0.2) is 36.8 Å². The lowest BCUT2D eigenvalue weighted by molar-refractivity contribution is 0.424. The number of rotatable bonds is 7.